The van der Waals surface area contributed by atoms with E-state index in [-0.39, 0.29) is 11.4 Å². The number of nitrogens with zero attached hydrogens (tertiary/aromatic N) is 3. The minimum absolute atomic E-state index is 0.0328. The van der Waals surface area contributed by atoms with Gasteiger partial charge in [0, 0.05) is 32.9 Å². The third-order valence-electron chi connectivity index (χ3n) is 4.49. The van der Waals surface area contributed by atoms with Crippen LogP contribution in [-0.4, -0.2) is 45.5 Å². The van der Waals surface area contributed by atoms with Gasteiger partial charge in [-0.3, -0.25) is 4.79 Å². The van der Waals surface area contributed by atoms with Crippen LogP contribution >= 0.6 is 0 Å². The van der Waals surface area contributed by atoms with E-state index in [1.54, 1.807) is 6.33 Å². The summed E-state index contributed by atoms with van der Waals surface area (Å²) in [5, 5.41) is 3.47. The lowest BCUT2D eigenvalue weighted by molar-refractivity contribution is 0.0218. The van der Waals surface area contributed by atoms with Crippen LogP contribution < -0.4 is 5.32 Å². The number of carbonyl (C=O) groups excluding carboxylic acids is 1. The molecule has 0 radical (unpaired) electrons. The van der Waals surface area contributed by atoms with Crippen molar-refractivity contribution in [3.05, 3.63) is 18.2 Å². The van der Waals surface area contributed by atoms with Crippen molar-refractivity contribution in [3.63, 3.8) is 0 Å². The van der Waals surface area contributed by atoms with Gasteiger partial charge in [0.25, 0.3) is 5.91 Å². The Morgan fingerprint density at radius 3 is 2.84 bits per heavy atom. The molecule has 1 aromatic heterocycles. The molecule has 0 bridgehead atoms. The Balaban J connectivity index is 1.85. The second-order valence-electron chi connectivity index (χ2n) is 5.84. The predicted molar refractivity (Wildman–Crippen MR) is 72.9 cm³/mol. The fourth-order valence-corrected chi connectivity index (χ4v) is 3.48. The largest absolute Gasteiger partial charge is 0.340 e. The summed E-state index contributed by atoms with van der Waals surface area (Å²) in [6.07, 6.45) is 9.52. The molecular weight excluding hydrogens is 240 g/mol. The first kappa shape index (κ1) is 12.7. The van der Waals surface area contributed by atoms with Crippen LogP contribution in [0.3, 0.4) is 0 Å². The fourth-order valence-electron chi connectivity index (χ4n) is 3.48. The number of piperazine rings is 1. The smallest absolute Gasteiger partial charge is 0.274 e. The van der Waals surface area contributed by atoms with E-state index in [2.05, 4.69) is 15.2 Å². The van der Waals surface area contributed by atoms with Gasteiger partial charge in [0.05, 0.1) is 11.9 Å². The third kappa shape index (κ3) is 2.27. The molecule has 19 heavy (non-hydrogen) atoms. The summed E-state index contributed by atoms with van der Waals surface area (Å²) >= 11 is 0. The van der Waals surface area contributed by atoms with E-state index in [4.69, 9.17) is 0 Å². The van der Waals surface area contributed by atoms with E-state index < -0.39 is 0 Å². The van der Waals surface area contributed by atoms with Gasteiger partial charge in [-0.15, -0.1) is 0 Å². The quantitative estimate of drug-likeness (QED) is 0.826. The van der Waals surface area contributed by atoms with Crippen molar-refractivity contribution in [2.45, 2.75) is 37.6 Å². The molecule has 1 saturated heterocycles. The van der Waals surface area contributed by atoms with Crippen molar-refractivity contribution in [3.8, 4) is 0 Å². The van der Waals surface area contributed by atoms with Gasteiger partial charge in [-0.25, -0.2) is 4.98 Å². The van der Waals surface area contributed by atoms with E-state index >= 15 is 0 Å². The molecule has 5 heteroatoms. The Labute approximate surface area is 114 Å². The average Bonchev–Trinajstić information content (AvgIpc) is 2.86. The zero-order valence-corrected chi connectivity index (χ0v) is 11.6. The van der Waals surface area contributed by atoms with Crippen LogP contribution in [0.1, 0.15) is 42.6 Å². The zero-order chi connectivity index (χ0) is 13.3. The maximum Gasteiger partial charge on any atom is 0.274 e. The number of hydrogen-bond acceptors (Lipinski definition) is 3. The van der Waals surface area contributed by atoms with E-state index in [9.17, 15) is 4.79 Å². The number of aryl methyl sites for hydroxylation is 1. The van der Waals surface area contributed by atoms with Crippen LogP contribution in [0.5, 0.6) is 0 Å². The summed E-state index contributed by atoms with van der Waals surface area (Å²) in [6.45, 7) is 2.63. The van der Waals surface area contributed by atoms with Crippen LogP contribution in [0.15, 0.2) is 12.5 Å². The molecule has 1 aliphatic carbocycles. The fraction of sp³-hybridized carbons (Fsp3) is 0.714. The maximum atomic E-state index is 12.7. The first-order valence-corrected chi connectivity index (χ1v) is 7.22. The van der Waals surface area contributed by atoms with Crippen LogP contribution in [0.25, 0.3) is 0 Å². The summed E-state index contributed by atoms with van der Waals surface area (Å²) in [4.78, 5) is 19.0. The van der Waals surface area contributed by atoms with Crippen molar-refractivity contribution in [1.29, 1.82) is 0 Å². The van der Waals surface area contributed by atoms with Gasteiger partial charge in [0.2, 0.25) is 0 Å². The molecule has 0 atom stereocenters. The first-order valence-electron chi connectivity index (χ1n) is 7.22. The van der Waals surface area contributed by atoms with E-state index in [1.165, 1.54) is 19.3 Å². The highest BCUT2D eigenvalue weighted by atomic mass is 16.2. The lowest BCUT2D eigenvalue weighted by Gasteiger charge is -2.49. The molecule has 1 aliphatic heterocycles. The lowest BCUT2D eigenvalue weighted by Crippen LogP contribution is -2.63. The molecule has 1 amide bonds. The molecule has 1 aromatic rings. The molecule has 1 N–H and O–H groups in total. The molecule has 1 saturated carbocycles. The molecule has 2 heterocycles. The Hall–Kier alpha value is -1.36. The molecular formula is C14H22N4O. The molecule has 2 fully saturated rings. The lowest BCUT2D eigenvalue weighted by atomic mass is 9.79. The van der Waals surface area contributed by atoms with Crippen molar-refractivity contribution in [2.24, 2.45) is 7.05 Å². The normalized spacial score (nSPS) is 22.7. The Morgan fingerprint density at radius 2 is 2.16 bits per heavy atom. The summed E-state index contributed by atoms with van der Waals surface area (Å²) in [6, 6.07) is 0. The summed E-state index contributed by atoms with van der Waals surface area (Å²) in [7, 11) is 1.90. The van der Waals surface area contributed by atoms with E-state index in [0.29, 0.717) is 5.69 Å². The Morgan fingerprint density at radius 1 is 1.37 bits per heavy atom. The van der Waals surface area contributed by atoms with Crippen molar-refractivity contribution >= 4 is 5.91 Å². The molecule has 5 nitrogen and oxygen atoms in total. The highest BCUT2D eigenvalue weighted by molar-refractivity contribution is 5.92. The van der Waals surface area contributed by atoms with Gasteiger partial charge in [0.15, 0.2) is 0 Å². The van der Waals surface area contributed by atoms with Gasteiger partial charge < -0.3 is 14.8 Å². The second kappa shape index (κ2) is 4.96. The summed E-state index contributed by atoms with van der Waals surface area (Å²) in [5.74, 6) is 0.101. The molecule has 3 rings (SSSR count). The number of aromatic nitrogens is 2. The molecule has 1 spiro atoms. The number of nitrogens with one attached hydrogen (secondary N) is 1. The monoisotopic (exact) mass is 262 g/mol. The molecule has 2 aliphatic rings. The van der Waals surface area contributed by atoms with Gasteiger partial charge in [0.1, 0.15) is 5.69 Å². The highest BCUT2D eigenvalue weighted by Crippen LogP contribution is 2.35. The second-order valence-corrected chi connectivity index (χ2v) is 5.84. The van der Waals surface area contributed by atoms with Crippen LogP contribution in [-0.2, 0) is 7.05 Å². The highest BCUT2D eigenvalue weighted by Gasteiger charge is 2.42. The number of amides is 1. The summed E-state index contributed by atoms with van der Waals surface area (Å²) < 4.78 is 1.84. The standard InChI is InChI=1S/C14H22N4O/c1-17-9-12(16-11-17)13(19)18-8-7-15-10-14(18)5-3-2-4-6-14/h9,11,15H,2-8,10H2,1H3. The van der Waals surface area contributed by atoms with Crippen molar-refractivity contribution in [2.75, 3.05) is 19.6 Å². The maximum absolute atomic E-state index is 12.7. The number of carbonyl (C=O) groups is 1. The van der Waals surface area contributed by atoms with Gasteiger partial charge in [-0.2, -0.15) is 0 Å². The third-order valence-corrected chi connectivity index (χ3v) is 4.49. The molecule has 0 unspecified atom stereocenters. The Kier molecular flexibility index (Phi) is 3.31. The predicted octanol–water partition coefficient (Wildman–Crippen LogP) is 1.17. The zero-order valence-electron chi connectivity index (χ0n) is 11.6. The minimum Gasteiger partial charge on any atom is -0.340 e. The minimum atomic E-state index is 0.0328. The van der Waals surface area contributed by atoms with Crippen molar-refractivity contribution in [1.82, 2.24) is 19.8 Å². The number of rotatable bonds is 1. The topological polar surface area (TPSA) is 50.2 Å². The van der Waals surface area contributed by atoms with Crippen molar-refractivity contribution < 1.29 is 4.79 Å². The number of hydrogen-bond donors (Lipinski definition) is 1. The summed E-state index contributed by atoms with van der Waals surface area (Å²) in [5.41, 5.74) is 0.611. The van der Waals surface area contributed by atoms with E-state index in [0.717, 1.165) is 32.5 Å². The van der Waals surface area contributed by atoms with E-state index in [1.807, 2.05) is 17.8 Å². The van der Waals surface area contributed by atoms with Crippen LogP contribution in [0.4, 0.5) is 0 Å². The Bertz CT molecular complexity index is 454. The SMILES string of the molecule is Cn1cnc(C(=O)N2CCNCC23CCCCC3)c1. The first-order chi connectivity index (χ1) is 9.21. The van der Waals surface area contributed by atoms with Crippen LogP contribution in [0, 0.1) is 0 Å². The number of imidazole rings is 1. The molecule has 104 valence electrons. The average molecular weight is 262 g/mol. The molecule has 0 aromatic carbocycles. The van der Waals surface area contributed by atoms with Crippen LogP contribution in [0.2, 0.25) is 0 Å². The van der Waals surface area contributed by atoms with Gasteiger partial charge in [-0.05, 0) is 12.8 Å². The van der Waals surface area contributed by atoms with Gasteiger partial charge in [-0.1, -0.05) is 19.3 Å². The van der Waals surface area contributed by atoms with Gasteiger partial charge >= 0.3 is 0 Å².